The van der Waals surface area contributed by atoms with E-state index in [0.717, 1.165) is 12.0 Å². The van der Waals surface area contributed by atoms with Gasteiger partial charge in [-0.3, -0.25) is 0 Å². The zero-order valence-electron chi connectivity index (χ0n) is 9.40. The van der Waals surface area contributed by atoms with E-state index in [-0.39, 0.29) is 17.8 Å². The number of benzene rings is 1. The van der Waals surface area contributed by atoms with Crippen LogP contribution in [0.25, 0.3) is 0 Å². The van der Waals surface area contributed by atoms with Crippen LogP contribution >= 0.6 is 0 Å². The number of aliphatic hydroxyl groups excluding tert-OH is 1. The molecule has 88 valence electrons. The van der Waals surface area contributed by atoms with Crippen molar-refractivity contribution in [3.05, 3.63) is 35.6 Å². The van der Waals surface area contributed by atoms with E-state index in [0.29, 0.717) is 13.0 Å². The second kappa shape index (κ2) is 4.93. The van der Waals surface area contributed by atoms with E-state index in [1.54, 1.807) is 6.07 Å². The predicted molar refractivity (Wildman–Crippen MR) is 59.6 cm³/mol. The van der Waals surface area contributed by atoms with Crippen LogP contribution in [0.15, 0.2) is 24.3 Å². The van der Waals surface area contributed by atoms with Crippen LogP contribution in [0.1, 0.15) is 18.9 Å². The predicted octanol–water partition coefficient (Wildman–Crippen LogP) is 2.15. The van der Waals surface area contributed by atoms with Crippen LogP contribution in [0, 0.1) is 11.7 Å². The van der Waals surface area contributed by atoms with Gasteiger partial charge in [-0.05, 0) is 37.5 Å². The van der Waals surface area contributed by atoms with E-state index >= 15 is 0 Å². The fourth-order valence-electron chi connectivity index (χ4n) is 2.31. The van der Waals surface area contributed by atoms with Crippen molar-refractivity contribution < 1.29 is 14.2 Å². The molecule has 1 aliphatic rings. The number of halogens is 1. The zero-order valence-corrected chi connectivity index (χ0v) is 9.40. The van der Waals surface area contributed by atoms with Gasteiger partial charge in [-0.1, -0.05) is 12.1 Å². The Hall–Kier alpha value is -0.930. The van der Waals surface area contributed by atoms with Crippen molar-refractivity contribution in [2.75, 3.05) is 6.61 Å². The lowest BCUT2D eigenvalue weighted by Gasteiger charge is -2.20. The fraction of sp³-hybridized carbons (Fsp3) is 0.538. The molecule has 1 aromatic carbocycles. The maximum Gasteiger partial charge on any atom is 0.123 e. The molecular formula is C13H17FO2. The summed E-state index contributed by atoms with van der Waals surface area (Å²) in [6.07, 6.45) is 1.04. The lowest BCUT2D eigenvalue weighted by molar-refractivity contribution is 0.0440. The summed E-state index contributed by atoms with van der Waals surface area (Å²) < 4.78 is 18.4. The third kappa shape index (κ3) is 2.60. The standard InChI is InChI=1S/C13H17FO2/c1-9-12(5-6-16-9)13(15)8-10-3-2-4-11(14)7-10/h2-4,7,9,12-13,15H,5-6,8H2,1H3. The van der Waals surface area contributed by atoms with Gasteiger partial charge >= 0.3 is 0 Å². The first-order chi connectivity index (χ1) is 7.66. The summed E-state index contributed by atoms with van der Waals surface area (Å²) in [5.74, 6) is -0.0799. The maximum atomic E-state index is 13.0. The van der Waals surface area contributed by atoms with Crippen LogP contribution in [0.5, 0.6) is 0 Å². The van der Waals surface area contributed by atoms with Crippen molar-refractivity contribution >= 4 is 0 Å². The zero-order chi connectivity index (χ0) is 11.5. The summed E-state index contributed by atoms with van der Waals surface area (Å²) in [4.78, 5) is 0. The molecule has 0 amide bonds. The van der Waals surface area contributed by atoms with Crippen LogP contribution in [-0.2, 0) is 11.2 Å². The largest absolute Gasteiger partial charge is 0.392 e. The molecule has 1 N–H and O–H groups in total. The average Bonchev–Trinajstić information content (AvgIpc) is 2.64. The SMILES string of the molecule is CC1OCCC1C(O)Cc1cccc(F)c1. The molecule has 1 heterocycles. The summed E-state index contributed by atoms with van der Waals surface area (Å²) in [6.45, 7) is 2.69. The molecule has 3 heteroatoms. The maximum absolute atomic E-state index is 13.0. The van der Waals surface area contributed by atoms with Gasteiger partial charge in [0.1, 0.15) is 5.82 Å². The highest BCUT2D eigenvalue weighted by Gasteiger charge is 2.30. The van der Waals surface area contributed by atoms with Gasteiger partial charge in [0.05, 0.1) is 12.2 Å². The first-order valence-corrected chi connectivity index (χ1v) is 5.71. The van der Waals surface area contributed by atoms with Crippen LogP contribution < -0.4 is 0 Å². The van der Waals surface area contributed by atoms with Crippen molar-refractivity contribution in [3.8, 4) is 0 Å². The highest BCUT2D eigenvalue weighted by atomic mass is 19.1. The Kier molecular flexibility index (Phi) is 3.56. The summed E-state index contributed by atoms with van der Waals surface area (Å²) in [6, 6.07) is 6.40. The minimum absolute atomic E-state index is 0.101. The van der Waals surface area contributed by atoms with Gasteiger partial charge in [0.15, 0.2) is 0 Å². The number of ether oxygens (including phenoxy) is 1. The molecule has 0 aliphatic carbocycles. The van der Waals surface area contributed by atoms with Crippen LogP contribution in [-0.4, -0.2) is 23.9 Å². The number of aliphatic hydroxyl groups is 1. The molecule has 16 heavy (non-hydrogen) atoms. The number of hydrogen-bond acceptors (Lipinski definition) is 2. The Balaban J connectivity index is 1.99. The Bertz CT molecular complexity index is 354. The van der Waals surface area contributed by atoms with Crippen molar-refractivity contribution in [1.82, 2.24) is 0 Å². The molecule has 1 fully saturated rings. The molecule has 2 nitrogen and oxygen atoms in total. The number of hydrogen-bond donors (Lipinski definition) is 1. The average molecular weight is 224 g/mol. The van der Waals surface area contributed by atoms with Crippen molar-refractivity contribution in [2.24, 2.45) is 5.92 Å². The van der Waals surface area contributed by atoms with E-state index in [9.17, 15) is 9.50 Å². The van der Waals surface area contributed by atoms with Crippen molar-refractivity contribution in [2.45, 2.75) is 32.0 Å². The summed E-state index contributed by atoms with van der Waals surface area (Å²) in [7, 11) is 0. The summed E-state index contributed by atoms with van der Waals surface area (Å²) >= 11 is 0. The summed E-state index contributed by atoms with van der Waals surface area (Å²) in [5.41, 5.74) is 0.839. The van der Waals surface area contributed by atoms with Gasteiger partial charge in [-0.2, -0.15) is 0 Å². The van der Waals surface area contributed by atoms with Gasteiger partial charge in [-0.15, -0.1) is 0 Å². The summed E-state index contributed by atoms with van der Waals surface area (Å²) in [5, 5.41) is 10.1. The Morgan fingerprint density at radius 1 is 1.56 bits per heavy atom. The molecule has 2 rings (SSSR count). The third-order valence-electron chi connectivity index (χ3n) is 3.26. The molecule has 1 saturated heterocycles. The molecule has 1 aromatic rings. The lowest BCUT2D eigenvalue weighted by Crippen LogP contribution is -2.28. The van der Waals surface area contributed by atoms with E-state index in [4.69, 9.17) is 4.74 Å². The molecule has 0 saturated carbocycles. The fourth-order valence-corrected chi connectivity index (χ4v) is 2.31. The lowest BCUT2D eigenvalue weighted by atomic mass is 9.91. The van der Waals surface area contributed by atoms with Gasteiger partial charge < -0.3 is 9.84 Å². The number of rotatable bonds is 3. The monoisotopic (exact) mass is 224 g/mol. The normalized spacial score (nSPS) is 26.9. The third-order valence-corrected chi connectivity index (χ3v) is 3.26. The highest BCUT2D eigenvalue weighted by Crippen LogP contribution is 2.25. The van der Waals surface area contributed by atoms with Gasteiger partial charge in [-0.25, -0.2) is 4.39 Å². The van der Waals surface area contributed by atoms with Crippen molar-refractivity contribution in [1.29, 1.82) is 0 Å². The van der Waals surface area contributed by atoms with Gasteiger partial charge in [0.25, 0.3) is 0 Å². The van der Waals surface area contributed by atoms with E-state index < -0.39 is 6.10 Å². The minimum atomic E-state index is -0.445. The quantitative estimate of drug-likeness (QED) is 0.852. The molecule has 0 radical (unpaired) electrons. The smallest absolute Gasteiger partial charge is 0.123 e. The Morgan fingerprint density at radius 3 is 3.00 bits per heavy atom. The molecular weight excluding hydrogens is 207 g/mol. The molecule has 3 unspecified atom stereocenters. The van der Waals surface area contributed by atoms with E-state index in [1.165, 1.54) is 12.1 Å². The first-order valence-electron chi connectivity index (χ1n) is 5.71. The minimum Gasteiger partial charge on any atom is -0.392 e. The Labute approximate surface area is 95.1 Å². The van der Waals surface area contributed by atoms with Gasteiger partial charge in [0.2, 0.25) is 0 Å². The molecule has 3 atom stereocenters. The first kappa shape index (κ1) is 11.6. The topological polar surface area (TPSA) is 29.5 Å². The van der Waals surface area contributed by atoms with Gasteiger partial charge in [0, 0.05) is 12.5 Å². The highest BCUT2D eigenvalue weighted by molar-refractivity contribution is 5.17. The van der Waals surface area contributed by atoms with Crippen molar-refractivity contribution in [3.63, 3.8) is 0 Å². The molecule has 1 aliphatic heterocycles. The molecule has 0 spiro atoms. The molecule has 0 aromatic heterocycles. The van der Waals surface area contributed by atoms with E-state index in [1.807, 2.05) is 13.0 Å². The second-order valence-corrected chi connectivity index (χ2v) is 4.43. The molecule has 0 bridgehead atoms. The Morgan fingerprint density at radius 2 is 2.38 bits per heavy atom. The van der Waals surface area contributed by atoms with Crippen LogP contribution in [0.2, 0.25) is 0 Å². The van der Waals surface area contributed by atoms with Crippen LogP contribution in [0.4, 0.5) is 4.39 Å². The van der Waals surface area contributed by atoms with Crippen LogP contribution in [0.3, 0.4) is 0 Å². The second-order valence-electron chi connectivity index (χ2n) is 4.43. The van der Waals surface area contributed by atoms with E-state index in [2.05, 4.69) is 0 Å².